The van der Waals surface area contributed by atoms with Gasteiger partial charge in [-0.25, -0.2) is 0 Å². The van der Waals surface area contributed by atoms with E-state index in [-0.39, 0.29) is 24.2 Å². The van der Waals surface area contributed by atoms with Crippen LogP contribution >= 0.6 is 0 Å². The maximum absolute atomic E-state index is 12.1. The van der Waals surface area contributed by atoms with Crippen molar-refractivity contribution in [3.63, 3.8) is 0 Å². The van der Waals surface area contributed by atoms with Crippen LogP contribution in [0.4, 0.5) is 0 Å². The molecule has 0 aromatic heterocycles. The van der Waals surface area contributed by atoms with Crippen LogP contribution in [0.2, 0.25) is 0 Å². The van der Waals surface area contributed by atoms with Gasteiger partial charge in [0.05, 0.1) is 11.6 Å². The van der Waals surface area contributed by atoms with Gasteiger partial charge in [-0.2, -0.15) is 0 Å². The third kappa shape index (κ3) is 3.81. The summed E-state index contributed by atoms with van der Waals surface area (Å²) in [5, 5.41) is 6.22. The van der Waals surface area contributed by atoms with Gasteiger partial charge < -0.3 is 15.4 Å². The van der Waals surface area contributed by atoms with Crippen molar-refractivity contribution in [3.05, 3.63) is 35.9 Å². The Hall–Kier alpha value is -1.39. The van der Waals surface area contributed by atoms with Gasteiger partial charge in [-0.15, -0.1) is 0 Å². The first-order valence-electron chi connectivity index (χ1n) is 7.19. The first-order valence-corrected chi connectivity index (χ1v) is 7.19. The molecule has 110 valence electrons. The van der Waals surface area contributed by atoms with E-state index in [1.165, 1.54) is 0 Å². The zero-order chi connectivity index (χ0) is 14.6. The molecule has 1 heterocycles. The molecule has 1 aliphatic rings. The topological polar surface area (TPSA) is 50.4 Å². The summed E-state index contributed by atoms with van der Waals surface area (Å²) < 4.78 is 5.67. The second kappa shape index (κ2) is 6.37. The number of benzene rings is 1. The Kier molecular flexibility index (Phi) is 4.78. The molecule has 1 saturated heterocycles. The van der Waals surface area contributed by atoms with Gasteiger partial charge in [-0.05, 0) is 18.4 Å². The minimum absolute atomic E-state index is 0.0274. The number of nitrogens with one attached hydrogen (secondary N) is 2. The van der Waals surface area contributed by atoms with Gasteiger partial charge in [0.25, 0.3) is 0 Å². The quantitative estimate of drug-likeness (QED) is 0.834. The molecule has 4 nitrogen and oxygen atoms in total. The first kappa shape index (κ1) is 15.0. The molecule has 1 aliphatic heterocycles. The van der Waals surface area contributed by atoms with Crippen molar-refractivity contribution in [2.24, 2.45) is 5.92 Å². The summed E-state index contributed by atoms with van der Waals surface area (Å²) in [5.74, 6) is 0.281. The molecule has 0 spiro atoms. The molecule has 1 atom stereocenters. The molecular formula is C16H24N2O2. The summed E-state index contributed by atoms with van der Waals surface area (Å²) >= 11 is 0. The van der Waals surface area contributed by atoms with E-state index in [2.05, 4.69) is 24.5 Å². The van der Waals surface area contributed by atoms with E-state index in [9.17, 15) is 4.79 Å². The van der Waals surface area contributed by atoms with E-state index in [0.29, 0.717) is 5.92 Å². The predicted molar refractivity (Wildman–Crippen MR) is 79.4 cm³/mol. The predicted octanol–water partition coefficient (Wildman–Crippen LogP) is 1.88. The van der Waals surface area contributed by atoms with Crippen molar-refractivity contribution in [1.82, 2.24) is 10.6 Å². The molecule has 0 radical (unpaired) electrons. The van der Waals surface area contributed by atoms with E-state index in [1.54, 1.807) is 0 Å². The van der Waals surface area contributed by atoms with E-state index >= 15 is 0 Å². The standard InChI is InChI=1S/C16H24N2O2/c1-12(2)15(13-7-5-4-6-8-13)18-14(19)9-20-16(3)10-17-11-16/h4-8,12,15,17H,9-11H2,1-3H3,(H,18,19). The smallest absolute Gasteiger partial charge is 0.246 e. The Morgan fingerprint density at radius 3 is 2.50 bits per heavy atom. The molecule has 0 bridgehead atoms. The van der Waals surface area contributed by atoms with Crippen LogP contribution in [0.5, 0.6) is 0 Å². The number of rotatable bonds is 6. The van der Waals surface area contributed by atoms with Crippen LogP contribution in [-0.2, 0) is 9.53 Å². The lowest BCUT2D eigenvalue weighted by Gasteiger charge is -2.39. The lowest BCUT2D eigenvalue weighted by atomic mass is 9.96. The fraction of sp³-hybridized carbons (Fsp3) is 0.562. The van der Waals surface area contributed by atoms with Crippen LogP contribution < -0.4 is 10.6 Å². The average Bonchev–Trinajstić information content (AvgIpc) is 2.41. The van der Waals surface area contributed by atoms with E-state index in [0.717, 1.165) is 18.7 Å². The number of ether oxygens (including phenoxy) is 1. The van der Waals surface area contributed by atoms with Gasteiger partial charge in [-0.1, -0.05) is 44.2 Å². The van der Waals surface area contributed by atoms with Gasteiger partial charge >= 0.3 is 0 Å². The number of amides is 1. The van der Waals surface area contributed by atoms with Crippen molar-refractivity contribution >= 4 is 5.91 Å². The van der Waals surface area contributed by atoms with Crippen molar-refractivity contribution in [3.8, 4) is 0 Å². The summed E-state index contributed by atoms with van der Waals surface area (Å²) in [6.45, 7) is 7.98. The molecule has 0 saturated carbocycles. The van der Waals surface area contributed by atoms with E-state index in [4.69, 9.17) is 4.74 Å². The lowest BCUT2D eigenvalue weighted by Crippen LogP contribution is -2.59. The number of hydrogen-bond donors (Lipinski definition) is 2. The van der Waals surface area contributed by atoms with E-state index < -0.39 is 0 Å². The van der Waals surface area contributed by atoms with Gasteiger partial charge in [0.15, 0.2) is 0 Å². The maximum atomic E-state index is 12.1. The average molecular weight is 276 g/mol. The molecule has 1 aromatic rings. The summed E-state index contributed by atoms with van der Waals surface area (Å²) in [5.41, 5.74) is 0.949. The summed E-state index contributed by atoms with van der Waals surface area (Å²) in [7, 11) is 0. The lowest BCUT2D eigenvalue weighted by molar-refractivity contribution is -0.136. The zero-order valence-corrected chi connectivity index (χ0v) is 12.5. The molecule has 4 heteroatoms. The van der Waals surface area contributed by atoms with Crippen molar-refractivity contribution in [1.29, 1.82) is 0 Å². The van der Waals surface area contributed by atoms with Crippen LogP contribution in [0.3, 0.4) is 0 Å². The third-order valence-electron chi connectivity index (χ3n) is 3.69. The van der Waals surface area contributed by atoms with Gasteiger partial charge in [0.2, 0.25) is 5.91 Å². The highest BCUT2D eigenvalue weighted by Gasteiger charge is 2.33. The number of hydrogen-bond acceptors (Lipinski definition) is 3. The molecule has 1 aromatic carbocycles. The fourth-order valence-electron chi connectivity index (χ4n) is 2.33. The van der Waals surface area contributed by atoms with Crippen LogP contribution in [0.15, 0.2) is 30.3 Å². The molecule has 1 amide bonds. The van der Waals surface area contributed by atoms with Crippen LogP contribution in [0, 0.1) is 5.92 Å². The normalized spacial score (nSPS) is 18.4. The number of carbonyl (C=O) groups excluding carboxylic acids is 1. The molecule has 0 aliphatic carbocycles. The first-order chi connectivity index (χ1) is 9.50. The molecule has 20 heavy (non-hydrogen) atoms. The van der Waals surface area contributed by atoms with Crippen LogP contribution in [0.25, 0.3) is 0 Å². The van der Waals surface area contributed by atoms with Gasteiger partial charge in [-0.3, -0.25) is 4.79 Å². The second-order valence-corrected chi connectivity index (χ2v) is 6.04. The fourth-order valence-corrected chi connectivity index (χ4v) is 2.33. The summed E-state index contributed by atoms with van der Waals surface area (Å²) in [6.07, 6.45) is 0. The Labute approximate surface area is 120 Å². The molecule has 1 unspecified atom stereocenters. The maximum Gasteiger partial charge on any atom is 0.246 e. The Morgan fingerprint density at radius 2 is 2.00 bits per heavy atom. The Morgan fingerprint density at radius 1 is 1.35 bits per heavy atom. The highest BCUT2D eigenvalue weighted by molar-refractivity contribution is 5.77. The molecular weight excluding hydrogens is 252 g/mol. The Bertz CT molecular complexity index is 441. The molecule has 1 fully saturated rings. The van der Waals surface area contributed by atoms with Crippen LogP contribution in [-0.4, -0.2) is 31.2 Å². The molecule has 2 rings (SSSR count). The monoisotopic (exact) mass is 276 g/mol. The zero-order valence-electron chi connectivity index (χ0n) is 12.5. The summed E-state index contributed by atoms with van der Waals surface area (Å²) in [6, 6.07) is 10.1. The largest absolute Gasteiger partial charge is 0.363 e. The van der Waals surface area contributed by atoms with Crippen molar-refractivity contribution in [2.75, 3.05) is 19.7 Å². The van der Waals surface area contributed by atoms with Crippen LogP contribution in [0.1, 0.15) is 32.4 Å². The minimum atomic E-state index is -0.183. The van der Waals surface area contributed by atoms with E-state index in [1.807, 2.05) is 37.3 Å². The minimum Gasteiger partial charge on any atom is -0.363 e. The third-order valence-corrected chi connectivity index (χ3v) is 3.69. The van der Waals surface area contributed by atoms with Gasteiger partial charge in [0.1, 0.15) is 6.61 Å². The number of carbonyl (C=O) groups is 1. The second-order valence-electron chi connectivity index (χ2n) is 6.04. The van der Waals surface area contributed by atoms with Crippen molar-refractivity contribution in [2.45, 2.75) is 32.4 Å². The Balaban J connectivity index is 1.89. The summed E-state index contributed by atoms with van der Waals surface area (Å²) in [4.78, 5) is 12.1. The highest BCUT2D eigenvalue weighted by Crippen LogP contribution is 2.21. The molecule has 2 N–H and O–H groups in total. The van der Waals surface area contributed by atoms with Crippen molar-refractivity contribution < 1.29 is 9.53 Å². The van der Waals surface area contributed by atoms with Gasteiger partial charge in [0, 0.05) is 13.1 Å². The SMILES string of the molecule is CC(C)C(NC(=O)COC1(C)CNC1)c1ccccc1. The highest BCUT2D eigenvalue weighted by atomic mass is 16.5.